The summed E-state index contributed by atoms with van der Waals surface area (Å²) in [6, 6.07) is 8.62. The summed E-state index contributed by atoms with van der Waals surface area (Å²) in [6.45, 7) is 2.66. The molecule has 0 atom stereocenters. The number of carbonyl (C=O) groups is 2. The fourth-order valence-electron chi connectivity index (χ4n) is 3.58. The third-order valence-corrected chi connectivity index (χ3v) is 5.68. The fourth-order valence-corrected chi connectivity index (χ4v) is 3.58. The van der Waals surface area contributed by atoms with Crippen LogP contribution < -0.4 is 15.8 Å². The summed E-state index contributed by atoms with van der Waals surface area (Å²) in [5.41, 5.74) is 5.62. The van der Waals surface area contributed by atoms with Crippen molar-refractivity contribution in [3.63, 3.8) is 0 Å². The Hall–Kier alpha value is -4.13. The fraction of sp³-hybridized carbons (Fsp3) is 0.304. The number of nitrogens with zero attached hydrogens (tertiary/aromatic N) is 5. The maximum Gasteiger partial charge on any atom is 0.417 e. The predicted octanol–water partition coefficient (Wildman–Crippen LogP) is 2.27. The number of para-hydroxylation sites is 2. The van der Waals surface area contributed by atoms with Gasteiger partial charge in [-0.3, -0.25) is 9.59 Å². The first-order valence-electron chi connectivity index (χ1n) is 11.0. The van der Waals surface area contributed by atoms with Gasteiger partial charge in [0, 0.05) is 32.4 Å². The van der Waals surface area contributed by atoms with E-state index >= 15 is 0 Å². The summed E-state index contributed by atoms with van der Waals surface area (Å²) in [6.07, 6.45) is -2.69. The van der Waals surface area contributed by atoms with E-state index in [2.05, 4.69) is 20.3 Å². The Morgan fingerprint density at radius 3 is 2.47 bits per heavy atom. The lowest BCUT2D eigenvalue weighted by molar-refractivity contribution is -0.138. The minimum absolute atomic E-state index is 0.0139. The zero-order valence-corrected chi connectivity index (χ0v) is 19.3. The second kappa shape index (κ2) is 10.2. The summed E-state index contributed by atoms with van der Waals surface area (Å²) in [4.78, 5) is 32.7. The molecule has 0 radical (unpaired) electrons. The number of halogens is 3. The number of hydrogen-bond donors (Lipinski definition) is 2. The molecule has 13 heteroatoms. The number of rotatable bonds is 6. The molecule has 4 rings (SSSR count). The van der Waals surface area contributed by atoms with Crippen molar-refractivity contribution in [3.05, 3.63) is 59.9 Å². The molecule has 10 nitrogen and oxygen atoms in total. The summed E-state index contributed by atoms with van der Waals surface area (Å²) in [7, 11) is 2.00. The average molecular weight is 503 g/mol. The predicted molar refractivity (Wildman–Crippen MR) is 125 cm³/mol. The Balaban J connectivity index is 1.46. The molecule has 36 heavy (non-hydrogen) atoms. The third kappa shape index (κ3) is 5.57. The number of nitrogen functional groups attached to an aromatic ring is 1. The van der Waals surface area contributed by atoms with E-state index in [1.807, 2.05) is 7.05 Å². The summed E-state index contributed by atoms with van der Waals surface area (Å²) in [5.74, 6) is -0.608. The highest BCUT2D eigenvalue weighted by Gasteiger charge is 2.30. The molecular weight excluding hydrogens is 479 g/mol. The maximum absolute atomic E-state index is 12.7. The Bertz CT molecular complexity index is 1240. The Labute approximate surface area is 204 Å². The van der Waals surface area contributed by atoms with E-state index in [4.69, 9.17) is 10.5 Å². The van der Waals surface area contributed by atoms with Gasteiger partial charge < -0.3 is 25.6 Å². The average Bonchev–Trinajstić information content (AvgIpc) is 3.24. The molecule has 3 heterocycles. The van der Waals surface area contributed by atoms with E-state index in [1.165, 1.54) is 10.9 Å². The van der Waals surface area contributed by atoms with Crippen LogP contribution in [0.4, 0.5) is 24.8 Å². The maximum atomic E-state index is 12.7. The zero-order chi connectivity index (χ0) is 25.9. The number of benzene rings is 1. The van der Waals surface area contributed by atoms with Crippen LogP contribution in [0.5, 0.6) is 5.75 Å². The number of ether oxygens (including phenoxy) is 1. The van der Waals surface area contributed by atoms with Crippen molar-refractivity contribution in [1.82, 2.24) is 24.6 Å². The first kappa shape index (κ1) is 25.0. The lowest BCUT2D eigenvalue weighted by Crippen LogP contribution is -2.48. The van der Waals surface area contributed by atoms with Gasteiger partial charge in [-0.2, -0.15) is 18.3 Å². The Morgan fingerprint density at radius 1 is 1.08 bits per heavy atom. The number of nitrogens with one attached hydrogen (secondary N) is 1. The largest absolute Gasteiger partial charge is 0.482 e. The standard InChI is InChI=1S/C23H24F3N7O3/c1-31-8-10-32(11-9-31)20(34)14-36-18-5-3-2-4-17(18)33-21(27)16(13-29-33)22(35)30-19-7-6-15(12-28-19)23(24,25)26/h2-7,12-13H,8-11,14,27H2,1H3,(H,28,30,35). The van der Waals surface area contributed by atoms with Gasteiger partial charge >= 0.3 is 6.18 Å². The van der Waals surface area contributed by atoms with Gasteiger partial charge in [0.1, 0.15) is 28.6 Å². The first-order valence-corrected chi connectivity index (χ1v) is 11.0. The molecule has 1 aliphatic rings. The quantitative estimate of drug-likeness (QED) is 0.530. The van der Waals surface area contributed by atoms with E-state index in [0.717, 1.165) is 25.2 Å². The van der Waals surface area contributed by atoms with Gasteiger partial charge in [0.05, 0.1) is 11.8 Å². The SMILES string of the molecule is CN1CCN(C(=O)COc2ccccc2-n2ncc(C(=O)Nc3ccc(C(F)(F)F)cn3)c2N)CC1. The van der Waals surface area contributed by atoms with Crippen LogP contribution in [0.15, 0.2) is 48.8 Å². The van der Waals surface area contributed by atoms with Crippen LogP contribution in [0.25, 0.3) is 5.69 Å². The number of carbonyl (C=O) groups excluding carboxylic acids is 2. The molecule has 1 aromatic carbocycles. The molecule has 1 aliphatic heterocycles. The smallest absolute Gasteiger partial charge is 0.417 e. The van der Waals surface area contributed by atoms with Gasteiger partial charge in [-0.15, -0.1) is 0 Å². The molecule has 0 saturated carbocycles. The molecule has 2 aromatic heterocycles. The molecular formula is C23H24F3N7O3. The summed E-state index contributed by atoms with van der Waals surface area (Å²) in [5, 5.41) is 6.56. The third-order valence-electron chi connectivity index (χ3n) is 5.68. The number of alkyl halides is 3. The van der Waals surface area contributed by atoms with Crippen molar-refractivity contribution in [1.29, 1.82) is 0 Å². The minimum atomic E-state index is -4.54. The Morgan fingerprint density at radius 2 is 1.81 bits per heavy atom. The number of aromatic nitrogens is 3. The number of nitrogens with two attached hydrogens (primary N) is 1. The van der Waals surface area contributed by atoms with Gasteiger partial charge in [0.15, 0.2) is 6.61 Å². The number of pyridine rings is 1. The van der Waals surface area contributed by atoms with Crippen LogP contribution >= 0.6 is 0 Å². The van der Waals surface area contributed by atoms with Gasteiger partial charge in [0.25, 0.3) is 11.8 Å². The van der Waals surface area contributed by atoms with Crippen LogP contribution in [0.1, 0.15) is 15.9 Å². The van der Waals surface area contributed by atoms with Gasteiger partial charge in [-0.05, 0) is 31.3 Å². The van der Waals surface area contributed by atoms with Crippen molar-refractivity contribution >= 4 is 23.5 Å². The highest BCUT2D eigenvalue weighted by molar-refractivity contribution is 6.06. The molecule has 0 unspecified atom stereocenters. The zero-order valence-electron chi connectivity index (χ0n) is 19.3. The van der Waals surface area contributed by atoms with Crippen LogP contribution in [0.2, 0.25) is 0 Å². The minimum Gasteiger partial charge on any atom is -0.482 e. The van der Waals surface area contributed by atoms with Crippen molar-refractivity contribution in [2.24, 2.45) is 0 Å². The molecule has 0 aliphatic carbocycles. The summed E-state index contributed by atoms with van der Waals surface area (Å²) < 4.78 is 45.2. The molecule has 1 saturated heterocycles. The number of likely N-dealkylation sites (N-methyl/N-ethyl adjacent to an activating group) is 1. The first-order chi connectivity index (χ1) is 17.1. The number of anilines is 2. The highest BCUT2D eigenvalue weighted by atomic mass is 19.4. The number of hydrogen-bond acceptors (Lipinski definition) is 7. The van der Waals surface area contributed by atoms with Crippen LogP contribution in [0.3, 0.4) is 0 Å². The second-order valence-corrected chi connectivity index (χ2v) is 8.18. The summed E-state index contributed by atoms with van der Waals surface area (Å²) >= 11 is 0. The molecule has 3 N–H and O–H groups in total. The lowest BCUT2D eigenvalue weighted by atomic mass is 10.2. The van der Waals surface area contributed by atoms with Crippen molar-refractivity contribution in [3.8, 4) is 11.4 Å². The molecule has 1 fully saturated rings. The van der Waals surface area contributed by atoms with Crippen LogP contribution in [0, 0.1) is 0 Å². The molecule has 2 amide bonds. The highest BCUT2D eigenvalue weighted by Crippen LogP contribution is 2.29. The monoisotopic (exact) mass is 503 g/mol. The lowest BCUT2D eigenvalue weighted by Gasteiger charge is -2.32. The van der Waals surface area contributed by atoms with Crippen molar-refractivity contribution in [2.75, 3.05) is 50.9 Å². The van der Waals surface area contributed by atoms with Gasteiger partial charge in [-0.25, -0.2) is 9.67 Å². The normalized spacial score (nSPS) is 14.5. The van der Waals surface area contributed by atoms with E-state index in [-0.39, 0.29) is 29.7 Å². The number of amides is 2. The molecule has 0 spiro atoms. The van der Waals surface area contributed by atoms with E-state index < -0.39 is 17.6 Å². The molecule has 0 bridgehead atoms. The topological polar surface area (TPSA) is 119 Å². The van der Waals surface area contributed by atoms with E-state index in [9.17, 15) is 22.8 Å². The van der Waals surface area contributed by atoms with Crippen LogP contribution in [-0.2, 0) is 11.0 Å². The van der Waals surface area contributed by atoms with Gasteiger partial charge in [-0.1, -0.05) is 12.1 Å². The number of piperazine rings is 1. The second-order valence-electron chi connectivity index (χ2n) is 8.18. The van der Waals surface area contributed by atoms with Crippen LogP contribution in [-0.4, -0.2) is 76.2 Å². The molecule has 190 valence electrons. The van der Waals surface area contributed by atoms with E-state index in [1.54, 1.807) is 29.2 Å². The molecule has 3 aromatic rings. The Kier molecular flexibility index (Phi) is 7.10. The van der Waals surface area contributed by atoms with Crippen molar-refractivity contribution in [2.45, 2.75) is 6.18 Å². The van der Waals surface area contributed by atoms with Gasteiger partial charge in [0.2, 0.25) is 0 Å². The van der Waals surface area contributed by atoms with Crippen molar-refractivity contribution < 1.29 is 27.5 Å². The van der Waals surface area contributed by atoms with E-state index in [0.29, 0.717) is 30.7 Å².